The normalized spacial score (nSPS) is 13.9. The average molecular weight is 386 g/mol. The molecular weight excluding hydrogens is 364 g/mol. The Bertz CT molecular complexity index is 1150. The first-order valence-corrected chi connectivity index (χ1v) is 9.84. The molecule has 1 aliphatic rings. The zero-order valence-corrected chi connectivity index (χ0v) is 16.2. The van der Waals surface area contributed by atoms with Crippen molar-refractivity contribution in [3.63, 3.8) is 0 Å². The van der Waals surface area contributed by atoms with Crippen LogP contribution in [0.2, 0.25) is 0 Å². The fourth-order valence-corrected chi connectivity index (χ4v) is 3.90. The fourth-order valence-electron chi connectivity index (χ4n) is 3.90. The molecule has 7 nitrogen and oxygen atoms in total. The standard InChI is InChI=1S/C22H22N6O/c1-14-12-15(28-10-4-5-11-28)8-9-16(14)22(29)26-19-13-23-27-20(19)21-24-17-6-2-3-7-18(17)25-21/h2-3,6-9,12-13H,4-5,10-11H2,1H3,(H,23,27)(H,24,25)(H,26,29). The Balaban J connectivity index is 1.40. The summed E-state index contributed by atoms with van der Waals surface area (Å²) in [6.45, 7) is 4.14. The molecule has 1 saturated heterocycles. The topological polar surface area (TPSA) is 89.7 Å². The quantitative estimate of drug-likeness (QED) is 0.492. The smallest absolute Gasteiger partial charge is 0.256 e. The first-order chi connectivity index (χ1) is 14.2. The number of carbonyl (C=O) groups excluding carboxylic acids is 1. The number of nitrogens with one attached hydrogen (secondary N) is 3. The SMILES string of the molecule is Cc1cc(N2CCCC2)ccc1C(=O)Nc1cn[nH]c1-c1nc2ccccc2[nH]1. The van der Waals surface area contributed by atoms with Crippen LogP contribution in [0.1, 0.15) is 28.8 Å². The van der Waals surface area contributed by atoms with Gasteiger partial charge in [-0.3, -0.25) is 9.89 Å². The van der Waals surface area contributed by atoms with Crippen molar-refractivity contribution in [3.05, 3.63) is 59.8 Å². The molecule has 2 aromatic carbocycles. The van der Waals surface area contributed by atoms with Crippen LogP contribution in [0.15, 0.2) is 48.7 Å². The van der Waals surface area contributed by atoms with Crippen LogP contribution in [0.5, 0.6) is 0 Å². The van der Waals surface area contributed by atoms with Gasteiger partial charge in [0.1, 0.15) is 5.69 Å². The lowest BCUT2D eigenvalue weighted by molar-refractivity contribution is 0.102. The van der Waals surface area contributed by atoms with Crippen LogP contribution in [-0.2, 0) is 0 Å². The molecule has 0 radical (unpaired) electrons. The van der Waals surface area contributed by atoms with Gasteiger partial charge < -0.3 is 15.2 Å². The number of carbonyl (C=O) groups is 1. The molecule has 1 fully saturated rings. The number of H-pyrrole nitrogens is 2. The molecule has 0 spiro atoms. The molecule has 2 aromatic heterocycles. The molecule has 3 N–H and O–H groups in total. The summed E-state index contributed by atoms with van der Waals surface area (Å²) in [5.74, 6) is 0.481. The molecule has 0 atom stereocenters. The number of hydrogen-bond donors (Lipinski definition) is 3. The number of aryl methyl sites for hydroxylation is 1. The maximum atomic E-state index is 12.9. The van der Waals surface area contributed by atoms with E-state index in [-0.39, 0.29) is 5.91 Å². The molecule has 5 rings (SSSR count). The molecule has 7 heteroatoms. The number of nitrogens with zero attached hydrogens (tertiary/aromatic N) is 3. The van der Waals surface area contributed by atoms with Crippen molar-refractivity contribution >= 4 is 28.3 Å². The summed E-state index contributed by atoms with van der Waals surface area (Å²) in [6.07, 6.45) is 4.06. The number of para-hydroxylation sites is 2. The van der Waals surface area contributed by atoms with E-state index in [0.29, 0.717) is 22.8 Å². The van der Waals surface area contributed by atoms with Gasteiger partial charge in [-0.25, -0.2) is 4.98 Å². The van der Waals surface area contributed by atoms with Gasteiger partial charge in [-0.05, 0) is 55.7 Å². The third-order valence-electron chi connectivity index (χ3n) is 5.44. The minimum atomic E-state index is -0.158. The van der Waals surface area contributed by atoms with E-state index < -0.39 is 0 Å². The number of amides is 1. The van der Waals surface area contributed by atoms with Gasteiger partial charge in [0.2, 0.25) is 0 Å². The Hall–Kier alpha value is -3.61. The molecule has 0 aliphatic carbocycles. The summed E-state index contributed by atoms with van der Waals surface area (Å²) >= 11 is 0. The summed E-state index contributed by atoms with van der Waals surface area (Å²) in [4.78, 5) is 23.1. The van der Waals surface area contributed by atoms with Crippen molar-refractivity contribution in [1.82, 2.24) is 20.2 Å². The molecule has 1 amide bonds. The zero-order chi connectivity index (χ0) is 19.8. The van der Waals surface area contributed by atoms with E-state index in [2.05, 4.69) is 36.4 Å². The minimum absolute atomic E-state index is 0.158. The monoisotopic (exact) mass is 386 g/mol. The van der Waals surface area contributed by atoms with Crippen molar-refractivity contribution in [1.29, 1.82) is 0 Å². The molecular formula is C22H22N6O. The van der Waals surface area contributed by atoms with E-state index in [1.165, 1.54) is 18.5 Å². The van der Waals surface area contributed by atoms with Gasteiger partial charge in [-0.1, -0.05) is 12.1 Å². The highest BCUT2D eigenvalue weighted by molar-refractivity contribution is 6.07. The number of aromatic nitrogens is 4. The molecule has 0 unspecified atom stereocenters. The van der Waals surface area contributed by atoms with Crippen molar-refractivity contribution in [3.8, 4) is 11.5 Å². The lowest BCUT2D eigenvalue weighted by atomic mass is 10.1. The highest BCUT2D eigenvalue weighted by Gasteiger charge is 2.18. The lowest BCUT2D eigenvalue weighted by Crippen LogP contribution is -2.19. The summed E-state index contributed by atoms with van der Waals surface area (Å²) in [6, 6.07) is 13.8. The summed E-state index contributed by atoms with van der Waals surface area (Å²) in [5.41, 5.74) is 5.84. The van der Waals surface area contributed by atoms with Crippen LogP contribution in [0.25, 0.3) is 22.6 Å². The largest absolute Gasteiger partial charge is 0.372 e. The second kappa shape index (κ2) is 7.09. The van der Waals surface area contributed by atoms with Gasteiger partial charge in [-0.15, -0.1) is 0 Å². The third kappa shape index (κ3) is 3.24. The van der Waals surface area contributed by atoms with Crippen LogP contribution in [0.4, 0.5) is 11.4 Å². The average Bonchev–Trinajstić information content (AvgIpc) is 3.47. The van der Waals surface area contributed by atoms with E-state index in [4.69, 9.17) is 0 Å². The van der Waals surface area contributed by atoms with Gasteiger partial charge in [0.15, 0.2) is 5.82 Å². The Morgan fingerprint density at radius 2 is 1.97 bits per heavy atom. The van der Waals surface area contributed by atoms with E-state index >= 15 is 0 Å². The van der Waals surface area contributed by atoms with E-state index in [1.807, 2.05) is 43.3 Å². The van der Waals surface area contributed by atoms with Crippen molar-refractivity contribution in [2.45, 2.75) is 19.8 Å². The van der Waals surface area contributed by atoms with Gasteiger partial charge in [0, 0.05) is 24.3 Å². The number of imidazole rings is 1. The second-order valence-electron chi connectivity index (χ2n) is 7.41. The molecule has 146 valence electrons. The zero-order valence-electron chi connectivity index (χ0n) is 16.2. The van der Waals surface area contributed by atoms with Crippen molar-refractivity contribution in [2.75, 3.05) is 23.3 Å². The van der Waals surface area contributed by atoms with Gasteiger partial charge in [0.05, 0.1) is 22.9 Å². The number of benzene rings is 2. The number of aromatic amines is 2. The molecule has 0 saturated carbocycles. The number of anilines is 2. The highest BCUT2D eigenvalue weighted by Crippen LogP contribution is 2.27. The Morgan fingerprint density at radius 3 is 2.76 bits per heavy atom. The minimum Gasteiger partial charge on any atom is -0.372 e. The fraction of sp³-hybridized carbons (Fsp3) is 0.227. The van der Waals surface area contributed by atoms with Crippen LogP contribution in [0.3, 0.4) is 0 Å². The van der Waals surface area contributed by atoms with Crippen molar-refractivity contribution < 1.29 is 4.79 Å². The van der Waals surface area contributed by atoms with E-state index in [9.17, 15) is 4.79 Å². The Kier molecular flexibility index (Phi) is 4.27. The predicted molar refractivity (Wildman–Crippen MR) is 114 cm³/mol. The van der Waals surface area contributed by atoms with Crippen molar-refractivity contribution in [2.24, 2.45) is 0 Å². The molecule has 3 heterocycles. The van der Waals surface area contributed by atoms with Gasteiger partial charge in [-0.2, -0.15) is 5.10 Å². The summed E-state index contributed by atoms with van der Waals surface area (Å²) in [5, 5.41) is 10.0. The summed E-state index contributed by atoms with van der Waals surface area (Å²) in [7, 11) is 0. The lowest BCUT2D eigenvalue weighted by Gasteiger charge is -2.19. The second-order valence-corrected chi connectivity index (χ2v) is 7.41. The number of fused-ring (bicyclic) bond motifs is 1. The maximum Gasteiger partial charge on any atom is 0.256 e. The van der Waals surface area contributed by atoms with E-state index in [1.54, 1.807) is 6.20 Å². The summed E-state index contributed by atoms with van der Waals surface area (Å²) < 4.78 is 0. The molecule has 4 aromatic rings. The van der Waals surface area contributed by atoms with Gasteiger partial charge in [0.25, 0.3) is 5.91 Å². The first kappa shape index (κ1) is 17.5. The maximum absolute atomic E-state index is 12.9. The third-order valence-corrected chi connectivity index (χ3v) is 5.44. The predicted octanol–water partition coefficient (Wildman–Crippen LogP) is 4.11. The van der Waals surface area contributed by atoms with Crippen LogP contribution < -0.4 is 10.2 Å². The van der Waals surface area contributed by atoms with Crippen LogP contribution in [0, 0.1) is 6.92 Å². The van der Waals surface area contributed by atoms with Crippen LogP contribution >= 0.6 is 0 Å². The molecule has 0 bridgehead atoms. The van der Waals surface area contributed by atoms with Crippen LogP contribution in [-0.4, -0.2) is 39.2 Å². The first-order valence-electron chi connectivity index (χ1n) is 9.84. The molecule has 1 aliphatic heterocycles. The Labute approximate surface area is 168 Å². The van der Waals surface area contributed by atoms with E-state index in [0.717, 1.165) is 29.7 Å². The number of hydrogen-bond acceptors (Lipinski definition) is 4. The van der Waals surface area contributed by atoms with Gasteiger partial charge >= 0.3 is 0 Å². The number of rotatable bonds is 4. The molecule has 29 heavy (non-hydrogen) atoms. The Morgan fingerprint density at radius 1 is 1.14 bits per heavy atom. The highest BCUT2D eigenvalue weighted by atomic mass is 16.1.